The summed E-state index contributed by atoms with van der Waals surface area (Å²) in [6, 6.07) is 6.98. The molecule has 2 aromatic heterocycles. The summed E-state index contributed by atoms with van der Waals surface area (Å²) in [7, 11) is 0. The standard InChI is InChI=1S/C14H15N3O3/c18-13-6-11(15-12-3-1-2-4-17(12)13)9-16-7-10(8-16)5-14(19)20/h1-4,6,10H,5,7-9H2,(H,19,20). The molecule has 3 heterocycles. The Labute approximate surface area is 115 Å². The predicted octanol–water partition coefficient (Wildman–Crippen LogP) is 0.601. The van der Waals surface area contributed by atoms with Crippen molar-refractivity contribution in [3.63, 3.8) is 0 Å². The predicted molar refractivity (Wildman–Crippen MR) is 72.5 cm³/mol. The summed E-state index contributed by atoms with van der Waals surface area (Å²) < 4.78 is 1.51. The lowest BCUT2D eigenvalue weighted by Crippen LogP contribution is -2.46. The molecule has 1 saturated heterocycles. The van der Waals surface area contributed by atoms with Crippen LogP contribution in [0.4, 0.5) is 0 Å². The molecule has 1 fully saturated rings. The normalized spacial score (nSPS) is 16.2. The first-order valence-corrected chi connectivity index (χ1v) is 6.53. The van der Waals surface area contributed by atoms with Crippen molar-refractivity contribution in [3.05, 3.63) is 46.5 Å². The van der Waals surface area contributed by atoms with Crippen molar-refractivity contribution in [1.29, 1.82) is 0 Å². The fourth-order valence-corrected chi connectivity index (χ4v) is 2.60. The zero-order valence-electron chi connectivity index (χ0n) is 10.9. The first kappa shape index (κ1) is 12.8. The third-order valence-corrected chi connectivity index (χ3v) is 3.51. The number of fused-ring (bicyclic) bond motifs is 1. The number of likely N-dealkylation sites (tertiary alicyclic amines) is 1. The molecule has 0 spiro atoms. The second kappa shape index (κ2) is 5.05. The van der Waals surface area contributed by atoms with E-state index in [2.05, 4.69) is 9.88 Å². The quantitative estimate of drug-likeness (QED) is 0.883. The van der Waals surface area contributed by atoms with Gasteiger partial charge in [-0.2, -0.15) is 0 Å². The van der Waals surface area contributed by atoms with Crippen molar-refractivity contribution in [2.24, 2.45) is 5.92 Å². The lowest BCUT2D eigenvalue weighted by molar-refractivity contribution is -0.139. The molecule has 3 rings (SSSR count). The summed E-state index contributed by atoms with van der Waals surface area (Å²) in [4.78, 5) is 29.1. The Balaban J connectivity index is 1.70. The van der Waals surface area contributed by atoms with Gasteiger partial charge >= 0.3 is 5.97 Å². The minimum Gasteiger partial charge on any atom is -0.481 e. The Hall–Kier alpha value is -2.21. The van der Waals surface area contributed by atoms with Crippen LogP contribution in [0.2, 0.25) is 0 Å². The molecule has 20 heavy (non-hydrogen) atoms. The number of carbonyl (C=O) groups is 1. The lowest BCUT2D eigenvalue weighted by Gasteiger charge is -2.38. The smallest absolute Gasteiger partial charge is 0.303 e. The van der Waals surface area contributed by atoms with E-state index in [0.717, 1.165) is 18.8 Å². The van der Waals surface area contributed by atoms with E-state index in [1.54, 1.807) is 18.3 Å². The van der Waals surface area contributed by atoms with Crippen LogP contribution in [-0.2, 0) is 11.3 Å². The minimum absolute atomic E-state index is 0.0896. The highest BCUT2D eigenvalue weighted by atomic mass is 16.4. The maximum Gasteiger partial charge on any atom is 0.303 e. The molecule has 104 valence electrons. The molecular formula is C14H15N3O3. The molecule has 1 aliphatic rings. The van der Waals surface area contributed by atoms with Gasteiger partial charge in [-0.05, 0) is 18.1 Å². The zero-order valence-corrected chi connectivity index (χ0v) is 10.9. The first-order chi connectivity index (χ1) is 9.61. The number of aliphatic carboxylic acids is 1. The number of pyridine rings is 1. The lowest BCUT2D eigenvalue weighted by atomic mass is 9.96. The van der Waals surface area contributed by atoms with Crippen LogP contribution in [-0.4, -0.2) is 38.4 Å². The Morgan fingerprint density at radius 3 is 2.95 bits per heavy atom. The Morgan fingerprint density at radius 1 is 1.40 bits per heavy atom. The van der Waals surface area contributed by atoms with Crippen LogP contribution in [0, 0.1) is 5.92 Å². The molecule has 1 N–H and O–H groups in total. The van der Waals surface area contributed by atoms with E-state index in [9.17, 15) is 9.59 Å². The summed E-state index contributed by atoms with van der Waals surface area (Å²) in [5.74, 6) is -0.536. The largest absolute Gasteiger partial charge is 0.481 e. The second-order valence-electron chi connectivity index (χ2n) is 5.17. The molecule has 6 nitrogen and oxygen atoms in total. The van der Waals surface area contributed by atoms with E-state index in [1.807, 2.05) is 6.07 Å². The van der Waals surface area contributed by atoms with Gasteiger partial charge in [-0.15, -0.1) is 0 Å². The van der Waals surface area contributed by atoms with Gasteiger partial charge in [0.2, 0.25) is 0 Å². The number of nitrogens with zero attached hydrogens (tertiary/aromatic N) is 3. The third kappa shape index (κ3) is 2.55. The van der Waals surface area contributed by atoms with Gasteiger partial charge in [0, 0.05) is 31.9 Å². The maximum atomic E-state index is 11.9. The second-order valence-corrected chi connectivity index (χ2v) is 5.17. The molecule has 2 aromatic rings. The van der Waals surface area contributed by atoms with Crippen LogP contribution in [0.15, 0.2) is 35.3 Å². The van der Waals surface area contributed by atoms with E-state index >= 15 is 0 Å². The number of hydrogen-bond acceptors (Lipinski definition) is 4. The van der Waals surface area contributed by atoms with Gasteiger partial charge in [0.15, 0.2) is 0 Å². The van der Waals surface area contributed by atoms with Gasteiger partial charge in [0.25, 0.3) is 5.56 Å². The van der Waals surface area contributed by atoms with Crippen molar-refractivity contribution in [1.82, 2.24) is 14.3 Å². The number of hydrogen-bond donors (Lipinski definition) is 1. The highest BCUT2D eigenvalue weighted by Crippen LogP contribution is 2.20. The molecule has 0 amide bonds. The highest BCUT2D eigenvalue weighted by molar-refractivity contribution is 5.67. The van der Waals surface area contributed by atoms with E-state index in [4.69, 9.17) is 5.11 Å². The molecule has 0 atom stereocenters. The molecule has 0 bridgehead atoms. The van der Waals surface area contributed by atoms with Crippen LogP contribution < -0.4 is 5.56 Å². The Bertz CT molecular complexity index is 704. The van der Waals surface area contributed by atoms with Crippen LogP contribution >= 0.6 is 0 Å². The highest BCUT2D eigenvalue weighted by Gasteiger charge is 2.28. The van der Waals surface area contributed by atoms with E-state index in [1.165, 1.54) is 10.5 Å². The molecular weight excluding hydrogens is 258 g/mol. The molecule has 1 aliphatic heterocycles. The van der Waals surface area contributed by atoms with Crippen LogP contribution in [0.1, 0.15) is 12.1 Å². The Morgan fingerprint density at radius 2 is 2.20 bits per heavy atom. The van der Waals surface area contributed by atoms with Crippen LogP contribution in [0.5, 0.6) is 0 Å². The van der Waals surface area contributed by atoms with Crippen molar-refractivity contribution in [3.8, 4) is 0 Å². The monoisotopic (exact) mass is 273 g/mol. The SMILES string of the molecule is O=C(O)CC1CN(Cc2cc(=O)n3ccccc3n2)C1. The van der Waals surface area contributed by atoms with Crippen molar-refractivity contribution in [2.75, 3.05) is 13.1 Å². The number of carboxylic acid groups (broad SMARTS) is 1. The maximum absolute atomic E-state index is 11.9. The van der Waals surface area contributed by atoms with Crippen molar-refractivity contribution in [2.45, 2.75) is 13.0 Å². The average Bonchev–Trinajstić information content (AvgIpc) is 2.36. The molecule has 0 unspecified atom stereocenters. The van der Waals surface area contributed by atoms with Gasteiger partial charge in [-0.3, -0.25) is 18.9 Å². The molecule has 0 aromatic carbocycles. The van der Waals surface area contributed by atoms with E-state index in [-0.39, 0.29) is 17.9 Å². The minimum atomic E-state index is -0.753. The summed E-state index contributed by atoms with van der Waals surface area (Å²) in [6.07, 6.45) is 1.91. The molecule has 0 aliphatic carbocycles. The van der Waals surface area contributed by atoms with Crippen LogP contribution in [0.25, 0.3) is 5.65 Å². The summed E-state index contributed by atoms with van der Waals surface area (Å²) in [5, 5.41) is 8.70. The van der Waals surface area contributed by atoms with Gasteiger partial charge in [0.1, 0.15) is 5.65 Å². The number of rotatable bonds is 4. The Kier molecular flexibility index (Phi) is 3.23. The van der Waals surface area contributed by atoms with Crippen LogP contribution in [0.3, 0.4) is 0 Å². The van der Waals surface area contributed by atoms with E-state index < -0.39 is 5.97 Å². The summed E-state index contributed by atoms with van der Waals surface area (Å²) >= 11 is 0. The third-order valence-electron chi connectivity index (χ3n) is 3.51. The zero-order chi connectivity index (χ0) is 14.1. The van der Waals surface area contributed by atoms with Gasteiger partial charge in [0.05, 0.1) is 12.1 Å². The first-order valence-electron chi connectivity index (χ1n) is 6.53. The van der Waals surface area contributed by atoms with Gasteiger partial charge in [-0.25, -0.2) is 4.98 Å². The molecule has 0 saturated carbocycles. The number of carboxylic acids is 1. The fourth-order valence-electron chi connectivity index (χ4n) is 2.60. The van der Waals surface area contributed by atoms with Gasteiger partial charge in [-0.1, -0.05) is 6.07 Å². The summed E-state index contributed by atoms with van der Waals surface area (Å²) in [5.41, 5.74) is 1.28. The van der Waals surface area contributed by atoms with Crippen molar-refractivity contribution < 1.29 is 9.90 Å². The topological polar surface area (TPSA) is 74.9 Å². The van der Waals surface area contributed by atoms with Gasteiger partial charge < -0.3 is 5.11 Å². The molecule has 0 radical (unpaired) electrons. The average molecular weight is 273 g/mol. The molecule has 6 heteroatoms. The summed E-state index contributed by atoms with van der Waals surface area (Å²) in [6.45, 7) is 2.10. The van der Waals surface area contributed by atoms with Crippen molar-refractivity contribution >= 4 is 11.6 Å². The van der Waals surface area contributed by atoms with E-state index in [0.29, 0.717) is 12.2 Å². The number of aromatic nitrogens is 2. The fraction of sp³-hybridized carbons (Fsp3) is 0.357.